The molecule has 1 heterocycles. The van der Waals surface area contributed by atoms with Crippen LogP contribution in [0.25, 0.3) is 0 Å². The van der Waals surface area contributed by atoms with Crippen LogP contribution in [0.4, 0.5) is 5.82 Å². The van der Waals surface area contributed by atoms with Gasteiger partial charge in [0.2, 0.25) is 5.88 Å². The van der Waals surface area contributed by atoms with E-state index in [4.69, 9.17) is 9.84 Å². The highest BCUT2D eigenvalue weighted by molar-refractivity contribution is 5.47. The van der Waals surface area contributed by atoms with Crippen LogP contribution in [0.1, 0.15) is 38.2 Å². The molecule has 0 radical (unpaired) electrons. The predicted molar refractivity (Wildman–Crippen MR) is 72.0 cm³/mol. The van der Waals surface area contributed by atoms with Gasteiger partial charge in [0.15, 0.2) is 0 Å². The summed E-state index contributed by atoms with van der Waals surface area (Å²) in [6, 6.07) is 0. The van der Waals surface area contributed by atoms with Gasteiger partial charge < -0.3 is 15.2 Å². The summed E-state index contributed by atoms with van der Waals surface area (Å²) in [6.07, 6.45) is 5.68. The van der Waals surface area contributed by atoms with E-state index >= 15 is 0 Å². The number of aliphatic hydroxyl groups excluding tert-OH is 1. The Morgan fingerprint density at radius 3 is 2.72 bits per heavy atom. The van der Waals surface area contributed by atoms with Crippen molar-refractivity contribution >= 4 is 5.82 Å². The van der Waals surface area contributed by atoms with Crippen molar-refractivity contribution < 1.29 is 9.84 Å². The molecule has 5 nitrogen and oxygen atoms in total. The fourth-order valence-corrected chi connectivity index (χ4v) is 1.69. The van der Waals surface area contributed by atoms with Crippen molar-refractivity contribution in [3.63, 3.8) is 0 Å². The zero-order chi connectivity index (χ0) is 13.2. The number of ether oxygens (including phenoxy) is 1. The van der Waals surface area contributed by atoms with Gasteiger partial charge >= 0.3 is 0 Å². The first-order chi connectivity index (χ1) is 8.79. The second-order valence-corrected chi connectivity index (χ2v) is 4.15. The standard InChI is InChI=1S/C13H23N3O2/c1-3-18-13-11(2)12(15-10-16-13)14-8-6-4-5-7-9-17/h10,17H,3-9H2,1-2H3,(H,14,15,16). The highest BCUT2D eigenvalue weighted by atomic mass is 16.5. The van der Waals surface area contributed by atoms with E-state index < -0.39 is 0 Å². The monoisotopic (exact) mass is 253 g/mol. The lowest BCUT2D eigenvalue weighted by molar-refractivity contribution is 0.283. The van der Waals surface area contributed by atoms with Gasteiger partial charge in [0.1, 0.15) is 12.1 Å². The van der Waals surface area contributed by atoms with Crippen molar-refractivity contribution in [3.05, 3.63) is 11.9 Å². The van der Waals surface area contributed by atoms with E-state index in [2.05, 4.69) is 15.3 Å². The fourth-order valence-electron chi connectivity index (χ4n) is 1.69. The van der Waals surface area contributed by atoms with Gasteiger partial charge in [-0.25, -0.2) is 9.97 Å². The summed E-state index contributed by atoms with van der Waals surface area (Å²) >= 11 is 0. The van der Waals surface area contributed by atoms with Crippen LogP contribution in [-0.2, 0) is 0 Å². The van der Waals surface area contributed by atoms with Crippen molar-refractivity contribution in [2.45, 2.75) is 39.5 Å². The largest absolute Gasteiger partial charge is 0.478 e. The molecular formula is C13H23N3O2. The molecule has 2 N–H and O–H groups in total. The Balaban J connectivity index is 2.35. The Bertz CT molecular complexity index is 345. The van der Waals surface area contributed by atoms with E-state index in [-0.39, 0.29) is 6.61 Å². The molecule has 0 aliphatic heterocycles. The van der Waals surface area contributed by atoms with Crippen molar-refractivity contribution in [2.75, 3.05) is 25.1 Å². The summed E-state index contributed by atoms with van der Waals surface area (Å²) in [5, 5.41) is 12.0. The van der Waals surface area contributed by atoms with Gasteiger partial charge in [-0.1, -0.05) is 12.8 Å². The van der Waals surface area contributed by atoms with Crippen LogP contribution >= 0.6 is 0 Å². The summed E-state index contributed by atoms with van der Waals surface area (Å²) in [5.41, 5.74) is 0.953. The van der Waals surface area contributed by atoms with E-state index in [1.165, 1.54) is 6.33 Å². The van der Waals surface area contributed by atoms with E-state index in [0.717, 1.165) is 43.6 Å². The van der Waals surface area contributed by atoms with Gasteiger partial charge in [-0.3, -0.25) is 0 Å². The molecule has 0 unspecified atom stereocenters. The zero-order valence-electron chi connectivity index (χ0n) is 11.3. The summed E-state index contributed by atoms with van der Waals surface area (Å²) < 4.78 is 5.42. The topological polar surface area (TPSA) is 67.3 Å². The molecule has 5 heteroatoms. The zero-order valence-corrected chi connectivity index (χ0v) is 11.3. The molecule has 0 fully saturated rings. The van der Waals surface area contributed by atoms with Gasteiger partial charge in [-0.15, -0.1) is 0 Å². The number of nitrogens with one attached hydrogen (secondary N) is 1. The maximum absolute atomic E-state index is 8.67. The molecule has 0 spiro atoms. The second-order valence-electron chi connectivity index (χ2n) is 4.15. The molecule has 0 saturated carbocycles. The Morgan fingerprint density at radius 2 is 2.00 bits per heavy atom. The first-order valence-corrected chi connectivity index (χ1v) is 6.58. The molecule has 1 aromatic rings. The van der Waals surface area contributed by atoms with Crippen LogP contribution in [0.3, 0.4) is 0 Å². The summed E-state index contributed by atoms with van der Waals surface area (Å²) in [4.78, 5) is 8.31. The Hall–Kier alpha value is -1.36. The van der Waals surface area contributed by atoms with Crippen LogP contribution in [0.2, 0.25) is 0 Å². The Morgan fingerprint density at radius 1 is 1.22 bits per heavy atom. The van der Waals surface area contributed by atoms with Crippen molar-refractivity contribution in [3.8, 4) is 5.88 Å². The number of hydrogen-bond acceptors (Lipinski definition) is 5. The molecular weight excluding hydrogens is 230 g/mol. The van der Waals surface area contributed by atoms with Crippen LogP contribution < -0.4 is 10.1 Å². The third-order valence-corrected chi connectivity index (χ3v) is 2.70. The first kappa shape index (κ1) is 14.7. The Labute approximate surface area is 109 Å². The predicted octanol–water partition coefficient (Wildman–Crippen LogP) is 2.15. The lowest BCUT2D eigenvalue weighted by Gasteiger charge is -2.11. The summed E-state index contributed by atoms with van der Waals surface area (Å²) in [6.45, 7) is 5.68. The third kappa shape index (κ3) is 4.87. The molecule has 0 atom stereocenters. The summed E-state index contributed by atoms with van der Waals surface area (Å²) in [5.74, 6) is 1.49. The molecule has 0 aromatic carbocycles. The molecule has 0 aliphatic rings. The average Bonchev–Trinajstić information content (AvgIpc) is 2.38. The van der Waals surface area contributed by atoms with Crippen LogP contribution in [0.5, 0.6) is 5.88 Å². The van der Waals surface area contributed by atoms with Gasteiger partial charge in [0.05, 0.1) is 12.2 Å². The lowest BCUT2D eigenvalue weighted by Crippen LogP contribution is -2.07. The maximum Gasteiger partial charge on any atom is 0.221 e. The number of anilines is 1. The highest BCUT2D eigenvalue weighted by Crippen LogP contribution is 2.20. The van der Waals surface area contributed by atoms with Gasteiger partial charge in [-0.2, -0.15) is 0 Å². The van der Waals surface area contributed by atoms with Crippen LogP contribution in [0, 0.1) is 6.92 Å². The quantitative estimate of drug-likeness (QED) is 0.660. The molecule has 102 valence electrons. The van der Waals surface area contributed by atoms with E-state index in [1.807, 2.05) is 13.8 Å². The number of hydrogen-bond donors (Lipinski definition) is 2. The minimum atomic E-state index is 0.288. The highest BCUT2D eigenvalue weighted by Gasteiger charge is 2.06. The summed E-state index contributed by atoms with van der Waals surface area (Å²) in [7, 11) is 0. The van der Waals surface area contributed by atoms with Gasteiger partial charge in [0.25, 0.3) is 0 Å². The maximum atomic E-state index is 8.67. The van der Waals surface area contributed by atoms with Crippen molar-refractivity contribution in [2.24, 2.45) is 0 Å². The molecule has 0 amide bonds. The molecule has 18 heavy (non-hydrogen) atoms. The fraction of sp³-hybridized carbons (Fsp3) is 0.692. The van der Waals surface area contributed by atoms with E-state index in [0.29, 0.717) is 12.5 Å². The van der Waals surface area contributed by atoms with E-state index in [1.54, 1.807) is 0 Å². The van der Waals surface area contributed by atoms with Crippen molar-refractivity contribution in [1.29, 1.82) is 0 Å². The molecule has 0 bridgehead atoms. The molecule has 1 aromatic heterocycles. The smallest absolute Gasteiger partial charge is 0.221 e. The van der Waals surface area contributed by atoms with Crippen molar-refractivity contribution in [1.82, 2.24) is 9.97 Å². The third-order valence-electron chi connectivity index (χ3n) is 2.70. The molecule has 1 rings (SSSR count). The number of unbranched alkanes of at least 4 members (excludes halogenated alkanes) is 3. The number of nitrogens with zero attached hydrogens (tertiary/aromatic N) is 2. The van der Waals surface area contributed by atoms with Gasteiger partial charge in [-0.05, 0) is 26.7 Å². The lowest BCUT2D eigenvalue weighted by atomic mass is 10.2. The minimum Gasteiger partial charge on any atom is -0.478 e. The number of aliphatic hydroxyl groups is 1. The first-order valence-electron chi connectivity index (χ1n) is 6.58. The average molecular weight is 253 g/mol. The molecule has 0 saturated heterocycles. The number of aromatic nitrogens is 2. The SMILES string of the molecule is CCOc1ncnc(NCCCCCCO)c1C. The molecule has 0 aliphatic carbocycles. The van der Waals surface area contributed by atoms with Gasteiger partial charge in [0, 0.05) is 13.2 Å². The normalized spacial score (nSPS) is 10.4. The number of rotatable bonds is 9. The van der Waals surface area contributed by atoms with E-state index in [9.17, 15) is 0 Å². The second kappa shape index (κ2) is 8.69. The van der Waals surface area contributed by atoms with Crippen LogP contribution in [-0.4, -0.2) is 34.8 Å². The van der Waals surface area contributed by atoms with Crippen LogP contribution in [0.15, 0.2) is 6.33 Å². The minimum absolute atomic E-state index is 0.288. The Kier molecular flexibility index (Phi) is 7.10.